The minimum absolute atomic E-state index is 0.174. The van der Waals surface area contributed by atoms with Crippen LogP contribution in [0.25, 0.3) is 11.0 Å². The summed E-state index contributed by atoms with van der Waals surface area (Å²) in [5.41, 5.74) is 7.49. The quantitative estimate of drug-likeness (QED) is 0.753. The number of anilines is 1. The molecule has 0 aliphatic rings. The van der Waals surface area contributed by atoms with Crippen LogP contribution in [-0.2, 0) is 6.54 Å². The highest BCUT2D eigenvalue weighted by Crippen LogP contribution is 2.23. The maximum Gasteiger partial charge on any atom is 0.223 e. The van der Waals surface area contributed by atoms with Crippen LogP contribution in [0.3, 0.4) is 0 Å². The average Bonchev–Trinajstić information content (AvgIpc) is 2.82. The van der Waals surface area contributed by atoms with Gasteiger partial charge in [-0.2, -0.15) is 4.98 Å². The molecule has 0 amide bonds. The Labute approximate surface area is 121 Å². The Balaban J connectivity index is 2.02. The minimum atomic E-state index is 0.174. The molecule has 0 unspecified atom stereocenters. The maximum atomic E-state index is 6.06. The van der Waals surface area contributed by atoms with Crippen LogP contribution >= 0.6 is 11.6 Å². The number of aromatic nitrogens is 3. The molecule has 0 bridgehead atoms. The second-order valence-corrected chi connectivity index (χ2v) is 4.76. The molecule has 0 saturated carbocycles. The summed E-state index contributed by atoms with van der Waals surface area (Å²) in [5.74, 6) is 0.999. The van der Waals surface area contributed by atoms with E-state index in [4.69, 9.17) is 22.1 Å². The molecule has 6 heteroatoms. The summed E-state index contributed by atoms with van der Waals surface area (Å²) in [6.07, 6.45) is 1.92. The van der Waals surface area contributed by atoms with Crippen molar-refractivity contribution in [2.24, 2.45) is 0 Å². The smallest absolute Gasteiger partial charge is 0.223 e. The summed E-state index contributed by atoms with van der Waals surface area (Å²) in [4.78, 5) is 8.20. The van der Waals surface area contributed by atoms with E-state index >= 15 is 0 Å². The molecule has 0 aliphatic heterocycles. The number of nitrogen functional groups attached to an aromatic ring is 1. The van der Waals surface area contributed by atoms with Gasteiger partial charge in [0.1, 0.15) is 16.5 Å². The molecule has 0 radical (unpaired) electrons. The predicted molar refractivity (Wildman–Crippen MR) is 79.0 cm³/mol. The summed E-state index contributed by atoms with van der Waals surface area (Å²) in [6, 6.07) is 9.76. The van der Waals surface area contributed by atoms with Crippen LogP contribution < -0.4 is 10.5 Å². The summed E-state index contributed by atoms with van der Waals surface area (Å²) >= 11 is 6.06. The van der Waals surface area contributed by atoms with E-state index in [0.29, 0.717) is 11.7 Å². The van der Waals surface area contributed by atoms with Crippen LogP contribution in [0.2, 0.25) is 5.15 Å². The fourth-order valence-electron chi connectivity index (χ4n) is 2.14. The molecule has 1 aromatic carbocycles. The number of rotatable bonds is 3. The molecule has 2 heterocycles. The minimum Gasteiger partial charge on any atom is -0.497 e. The van der Waals surface area contributed by atoms with E-state index in [1.807, 2.05) is 41.1 Å². The van der Waals surface area contributed by atoms with Gasteiger partial charge in [-0.15, -0.1) is 0 Å². The summed E-state index contributed by atoms with van der Waals surface area (Å²) in [6.45, 7) is 0.660. The molecule has 2 aromatic heterocycles. The van der Waals surface area contributed by atoms with Gasteiger partial charge in [-0.05, 0) is 23.8 Å². The van der Waals surface area contributed by atoms with Crippen molar-refractivity contribution in [3.63, 3.8) is 0 Å². The first-order chi connectivity index (χ1) is 9.67. The Kier molecular flexibility index (Phi) is 3.20. The predicted octanol–water partition coefficient (Wildman–Crippen LogP) is 2.72. The number of hydrogen-bond donors (Lipinski definition) is 1. The second kappa shape index (κ2) is 5.02. The second-order valence-electron chi connectivity index (χ2n) is 4.41. The molecule has 0 aliphatic carbocycles. The third kappa shape index (κ3) is 2.28. The van der Waals surface area contributed by atoms with Gasteiger partial charge in [0.2, 0.25) is 5.95 Å². The number of hydrogen-bond acceptors (Lipinski definition) is 4. The standard InChI is InChI=1S/C14H13ClN4O/c1-20-10-4-2-3-9(7-10)8-19-6-5-11-12(15)17-14(16)18-13(11)19/h2-7H,8H2,1H3,(H2,16,17,18). The fourth-order valence-corrected chi connectivity index (χ4v) is 2.37. The number of nitrogens with zero attached hydrogens (tertiary/aromatic N) is 3. The summed E-state index contributed by atoms with van der Waals surface area (Å²) in [5, 5.41) is 1.17. The van der Waals surface area contributed by atoms with Crippen LogP contribution in [0.15, 0.2) is 36.5 Å². The number of benzene rings is 1. The molecule has 5 nitrogen and oxygen atoms in total. The lowest BCUT2D eigenvalue weighted by Crippen LogP contribution is -2.02. The Morgan fingerprint density at radius 2 is 2.15 bits per heavy atom. The molecule has 3 aromatic rings. The summed E-state index contributed by atoms with van der Waals surface area (Å²) in [7, 11) is 1.65. The molecule has 0 saturated heterocycles. The molecule has 102 valence electrons. The van der Waals surface area contributed by atoms with E-state index < -0.39 is 0 Å². The molecule has 0 atom stereocenters. The maximum absolute atomic E-state index is 6.06. The highest BCUT2D eigenvalue weighted by molar-refractivity contribution is 6.34. The largest absolute Gasteiger partial charge is 0.497 e. The molecule has 0 fully saturated rings. The molecule has 0 spiro atoms. The van der Waals surface area contributed by atoms with Crippen molar-refractivity contribution in [3.8, 4) is 5.75 Å². The lowest BCUT2D eigenvalue weighted by molar-refractivity contribution is 0.414. The number of fused-ring (bicyclic) bond motifs is 1. The van der Waals surface area contributed by atoms with Gasteiger partial charge in [-0.3, -0.25) is 0 Å². The first kappa shape index (κ1) is 12.7. The lowest BCUT2D eigenvalue weighted by atomic mass is 10.2. The Bertz CT molecular complexity index is 769. The molecule has 3 rings (SSSR count). The van der Waals surface area contributed by atoms with E-state index in [1.165, 1.54) is 0 Å². The highest BCUT2D eigenvalue weighted by Gasteiger charge is 2.09. The zero-order valence-electron chi connectivity index (χ0n) is 10.9. The van der Waals surface area contributed by atoms with Gasteiger partial charge >= 0.3 is 0 Å². The molecule has 2 N–H and O–H groups in total. The topological polar surface area (TPSA) is 66.0 Å². The van der Waals surface area contributed by atoms with Crippen LogP contribution in [0.4, 0.5) is 5.95 Å². The normalized spacial score (nSPS) is 10.9. The van der Waals surface area contributed by atoms with Crippen molar-refractivity contribution < 1.29 is 4.74 Å². The third-order valence-corrected chi connectivity index (χ3v) is 3.36. The van der Waals surface area contributed by atoms with E-state index in [0.717, 1.165) is 22.3 Å². The average molecular weight is 289 g/mol. The third-order valence-electron chi connectivity index (χ3n) is 3.08. The van der Waals surface area contributed by atoms with Crippen LogP contribution in [-0.4, -0.2) is 21.6 Å². The van der Waals surface area contributed by atoms with Gasteiger partial charge in [-0.25, -0.2) is 4.98 Å². The number of halogens is 1. The Morgan fingerprint density at radius 3 is 2.95 bits per heavy atom. The Morgan fingerprint density at radius 1 is 1.30 bits per heavy atom. The van der Waals surface area contributed by atoms with Crippen LogP contribution in [0.5, 0.6) is 5.75 Å². The van der Waals surface area contributed by atoms with Gasteiger partial charge < -0.3 is 15.0 Å². The van der Waals surface area contributed by atoms with E-state index in [2.05, 4.69) is 9.97 Å². The van der Waals surface area contributed by atoms with Crippen molar-refractivity contribution in [1.29, 1.82) is 0 Å². The van der Waals surface area contributed by atoms with Crippen LogP contribution in [0.1, 0.15) is 5.56 Å². The van der Waals surface area contributed by atoms with Crippen LogP contribution in [0, 0.1) is 0 Å². The van der Waals surface area contributed by atoms with Crippen molar-refractivity contribution in [1.82, 2.24) is 14.5 Å². The lowest BCUT2D eigenvalue weighted by Gasteiger charge is -2.07. The Hall–Kier alpha value is -2.27. The van der Waals surface area contributed by atoms with Gasteiger partial charge in [-0.1, -0.05) is 23.7 Å². The van der Waals surface area contributed by atoms with Crippen molar-refractivity contribution in [2.45, 2.75) is 6.54 Å². The van der Waals surface area contributed by atoms with E-state index in [9.17, 15) is 0 Å². The van der Waals surface area contributed by atoms with Gasteiger partial charge in [0.15, 0.2) is 0 Å². The highest BCUT2D eigenvalue weighted by atomic mass is 35.5. The van der Waals surface area contributed by atoms with Crippen molar-refractivity contribution in [3.05, 3.63) is 47.2 Å². The van der Waals surface area contributed by atoms with E-state index in [-0.39, 0.29) is 5.95 Å². The van der Waals surface area contributed by atoms with Crippen molar-refractivity contribution in [2.75, 3.05) is 12.8 Å². The SMILES string of the molecule is COc1cccc(Cn2ccc3c(Cl)nc(N)nc32)c1. The van der Waals surface area contributed by atoms with Crippen molar-refractivity contribution >= 4 is 28.6 Å². The van der Waals surface area contributed by atoms with Gasteiger partial charge in [0.05, 0.1) is 12.5 Å². The first-order valence-electron chi connectivity index (χ1n) is 6.08. The van der Waals surface area contributed by atoms with Gasteiger partial charge in [0, 0.05) is 12.7 Å². The summed E-state index contributed by atoms with van der Waals surface area (Å²) < 4.78 is 7.20. The molecule has 20 heavy (non-hydrogen) atoms. The number of nitrogens with two attached hydrogens (primary N) is 1. The van der Waals surface area contributed by atoms with Gasteiger partial charge in [0.25, 0.3) is 0 Å². The first-order valence-corrected chi connectivity index (χ1v) is 6.46. The molecular weight excluding hydrogens is 276 g/mol. The number of methoxy groups -OCH3 is 1. The van der Waals surface area contributed by atoms with E-state index in [1.54, 1.807) is 7.11 Å². The zero-order chi connectivity index (χ0) is 14.1. The molecular formula is C14H13ClN4O. The fraction of sp³-hybridized carbons (Fsp3) is 0.143. The monoisotopic (exact) mass is 288 g/mol. The zero-order valence-corrected chi connectivity index (χ0v) is 11.6. The number of ether oxygens (including phenoxy) is 1.